The van der Waals surface area contributed by atoms with Gasteiger partial charge < -0.3 is 10.2 Å². The van der Waals surface area contributed by atoms with Gasteiger partial charge in [0.2, 0.25) is 0 Å². The van der Waals surface area contributed by atoms with E-state index in [1.165, 1.54) is 36.8 Å². The first-order chi connectivity index (χ1) is 9.83. The lowest BCUT2D eigenvalue weighted by molar-refractivity contribution is 0.153. The van der Waals surface area contributed by atoms with Gasteiger partial charge in [-0.25, -0.2) is 0 Å². The minimum Gasteiger partial charge on any atom is -0.311 e. The van der Waals surface area contributed by atoms with Crippen molar-refractivity contribution in [1.82, 2.24) is 10.2 Å². The first-order valence-corrected chi connectivity index (χ1v) is 8.31. The molecule has 0 unspecified atom stereocenters. The van der Waals surface area contributed by atoms with E-state index in [1.807, 2.05) is 0 Å². The van der Waals surface area contributed by atoms with E-state index in [1.54, 1.807) is 0 Å². The van der Waals surface area contributed by atoms with Crippen LogP contribution in [0.4, 0.5) is 0 Å². The Labute approximate surface area is 130 Å². The van der Waals surface area contributed by atoms with Crippen LogP contribution in [0.2, 0.25) is 0 Å². The van der Waals surface area contributed by atoms with Crippen molar-refractivity contribution in [3.8, 4) is 0 Å². The number of nitrogens with one attached hydrogen (secondary N) is 1. The van der Waals surface area contributed by atoms with E-state index < -0.39 is 0 Å². The summed E-state index contributed by atoms with van der Waals surface area (Å²) < 4.78 is 0. The zero-order chi connectivity index (χ0) is 15.5. The lowest BCUT2D eigenvalue weighted by atomic mass is 9.87. The number of nitrogens with zero attached hydrogens (tertiary/aromatic N) is 1. The molecule has 2 rings (SSSR count). The molecule has 1 aliphatic rings. The lowest BCUT2D eigenvalue weighted by Crippen LogP contribution is -2.49. The fraction of sp³-hybridized carbons (Fsp3) is 0.684. The van der Waals surface area contributed by atoms with Crippen molar-refractivity contribution in [2.75, 3.05) is 20.6 Å². The van der Waals surface area contributed by atoms with Gasteiger partial charge in [-0.1, -0.05) is 57.9 Å². The van der Waals surface area contributed by atoms with E-state index >= 15 is 0 Å². The van der Waals surface area contributed by atoms with Crippen molar-refractivity contribution in [2.24, 2.45) is 0 Å². The van der Waals surface area contributed by atoms with Crippen molar-refractivity contribution in [3.05, 3.63) is 35.4 Å². The highest BCUT2D eigenvalue weighted by atomic mass is 15.2. The molecular formula is C19H32N2. The lowest BCUT2D eigenvalue weighted by Gasteiger charge is -2.36. The van der Waals surface area contributed by atoms with E-state index in [-0.39, 0.29) is 5.41 Å². The molecular weight excluding hydrogens is 256 g/mol. The van der Waals surface area contributed by atoms with Crippen LogP contribution in [0.15, 0.2) is 24.3 Å². The van der Waals surface area contributed by atoms with Gasteiger partial charge in [-0.2, -0.15) is 0 Å². The van der Waals surface area contributed by atoms with Crippen molar-refractivity contribution in [1.29, 1.82) is 0 Å². The third-order valence-electron chi connectivity index (χ3n) is 5.09. The number of rotatable bonds is 5. The monoisotopic (exact) mass is 288 g/mol. The Balaban J connectivity index is 1.88. The first-order valence-electron chi connectivity index (χ1n) is 8.31. The molecule has 118 valence electrons. The summed E-state index contributed by atoms with van der Waals surface area (Å²) in [6.45, 7) is 8.87. The summed E-state index contributed by atoms with van der Waals surface area (Å²) in [7, 11) is 4.45. The fourth-order valence-electron chi connectivity index (χ4n) is 3.38. The van der Waals surface area contributed by atoms with Crippen LogP contribution >= 0.6 is 0 Å². The summed E-state index contributed by atoms with van der Waals surface area (Å²) in [5, 5.41) is 3.68. The van der Waals surface area contributed by atoms with Gasteiger partial charge in [0.05, 0.1) is 0 Å². The van der Waals surface area contributed by atoms with Crippen molar-refractivity contribution < 1.29 is 0 Å². The highest BCUT2D eigenvalue weighted by molar-refractivity contribution is 5.27. The molecule has 2 nitrogen and oxygen atoms in total. The highest BCUT2D eigenvalue weighted by Gasteiger charge is 2.35. The maximum atomic E-state index is 3.68. The molecule has 0 aromatic heterocycles. The molecule has 21 heavy (non-hydrogen) atoms. The van der Waals surface area contributed by atoms with Crippen molar-refractivity contribution in [3.63, 3.8) is 0 Å². The number of likely N-dealkylation sites (N-methyl/N-ethyl adjacent to an activating group) is 1. The minimum absolute atomic E-state index is 0.241. The average molecular weight is 288 g/mol. The van der Waals surface area contributed by atoms with Crippen LogP contribution in [0.1, 0.15) is 57.6 Å². The summed E-state index contributed by atoms with van der Waals surface area (Å²) in [6, 6.07) is 9.08. The third-order valence-corrected chi connectivity index (χ3v) is 5.09. The molecule has 0 atom stereocenters. The molecule has 0 heterocycles. The van der Waals surface area contributed by atoms with Gasteiger partial charge in [-0.3, -0.25) is 0 Å². The number of hydrogen-bond acceptors (Lipinski definition) is 2. The summed E-state index contributed by atoms with van der Waals surface area (Å²) >= 11 is 0. The molecule has 0 amide bonds. The van der Waals surface area contributed by atoms with Crippen LogP contribution in [0.3, 0.4) is 0 Å². The summed E-state index contributed by atoms with van der Waals surface area (Å²) in [4.78, 5) is 2.43. The Bertz CT molecular complexity index is 434. The van der Waals surface area contributed by atoms with E-state index in [0.717, 1.165) is 13.1 Å². The van der Waals surface area contributed by atoms with Gasteiger partial charge in [0, 0.05) is 18.6 Å². The van der Waals surface area contributed by atoms with Crippen LogP contribution < -0.4 is 5.32 Å². The summed E-state index contributed by atoms with van der Waals surface area (Å²) in [5.41, 5.74) is 3.41. The predicted molar refractivity (Wildman–Crippen MR) is 91.7 cm³/mol. The largest absolute Gasteiger partial charge is 0.311 e. The summed E-state index contributed by atoms with van der Waals surface area (Å²) in [6.07, 6.45) is 5.41. The quantitative estimate of drug-likeness (QED) is 0.882. The zero-order valence-corrected chi connectivity index (χ0v) is 14.5. The van der Waals surface area contributed by atoms with E-state index in [9.17, 15) is 0 Å². The van der Waals surface area contributed by atoms with Crippen LogP contribution in [0, 0.1) is 0 Å². The van der Waals surface area contributed by atoms with E-state index in [2.05, 4.69) is 69.3 Å². The van der Waals surface area contributed by atoms with Crippen LogP contribution in [-0.4, -0.2) is 31.1 Å². The topological polar surface area (TPSA) is 15.3 Å². The zero-order valence-electron chi connectivity index (χ0n) is 14.5. The molecule has 1 N–H and O–H groups in total. The highest BCUT2D eigenvalue weighted by Crippen LogP contribution is 2.33. The van der Waals surface area contributed by atoms with Gasteiger partial charge in [0.1, 0.15) is 0 Å². The Morgan fingerprint density at radius 2 is 1.62 bits per heavy atom. The smallest absolute Gasteiger partial charge is 0.0328 e. The van der Waals surface area contributed by atoms with Crippen molar-refractivity contribution in [2.45, 2.75) is 64.0 Å². The van der Waals surface area contributed by atoms with E-state index in [0.29, 0.717) is 5.54 Å². The number of benzene rings is 1. The Kier molecular flexibility index (Phi) is 5.11. The first kappa shape index (κ1) is 16.5. The maximum Gasteiger partial charge on any atom is 0.0328 e. The second-order valence-electron chi connectivity index (χ2n) is 7.88. The van der Waals surface area contributed by atoms with Gasteiger partial charge in [0.25, 0.3) is 0 Å². The fourth-order valence-corrected chi connectivity index (χ4v) is 3.38. The molecule has 1 fully saturated rings. The third kappa shape index (κ3) is 4.08. The predicted octanol–water partition coefficient (Wildman–Crippen LogP) is 3.95. The second kappa shape index (κ2) is 6.50. The normalized spacial score (nSPS) is 18.4. The van der Waals surface area contributed by atoms with Gasteiger partial charge >= 0.3 is 0 Å². The summed E-state index contributed by atoms with van der Waals surface area (Å²) in [5.74, 6) is 0. The second-order valence-corrected chi connectivity index (χ2v) is 7.88. The molecule has 0 saturated heterocycles. The van der Waals surface area contributed by atoms with Gasteiger partial charge in [0.15, 0.2) is 0 Å². The van der Waals surface area contributed by atoms with Crippen molar-refractivity contribution >= 4 is 0 Å². The van der Waals surface area contributed by atoms with Gasteiger partial charge in [-0.05, 0) is 43.5 Å². The molecule has 1 saturated carbocycles. The molecule has 1 aromatic rings. The minimum atomic E-state index is 0.241. The molecule has 1 aliphatic carbocycles. The molecule has 0 spiro atoms. The Morgan fingerprint density at radius 1 is 1.05 bits per heavy atom. The molecule has 1 aromatic carbocycles. The maximum absolute atomic E-state index is 3.68. The Hall–Kier alpha value is -0.860. The molecule has 0 aliphatic heterocycles. The Morgan fingerprint density at radius 3 is 2.10 bits per heavy atom. The SMILES string of the molecule is CN(C)C1(CNCc2ccc(C(C)(C)C)cc2)CCCC1. The standard InChI is InChI=1S/C19H32N2/c1-18(2,3)17-10-8-16(9-11-17)14-20-15-19(21(4)5)12-6-7-13-19/h8-11,20H,6-7,12-15H2,1-5H3. The van der Waals surface area contributed by atoms with Crippen LogP contribution in [0.5, 0.6) is 0 Å². The van der Waals surface area contributed by atoms with Crippen LogP contribution in [0.25, 0.3) is 0 Å². The average Bonchev–Trinajstić information content (AvgIpc) is 2.88. The molecule has 0 bridgehead atoms. The molecule has 0 radical (unpaired) electrons. The number of hydrogen-bond donors (Lipinski definition) is 1. The van der Waals surface area contributed by atoms with E-state index in [4.69, 9.17) is 0 Å². The van der Waals surface area contributed by atoms with Gasteiger partial charge in [-0.15, -0.1) is 0 Å². The van der Waals surface area contributed by atoms with Crippen LogP contribution in [-0.2, 0) is 12.0 Å². The molecule has 2 heteroatoms.